The van der Waals surface area contributed by atoms with Crippen LogP contribution in [0.4, 0.5) is 0 Å². The Kier molecular flexibility index (Phi) is 3.41. The first-order chi connectivity index (χ1) is 7.25. The van der Waals surface area contributed by atoms with Gasteiger partial charge < -0.3 is 10.1 Å². The molecule has 1 aromatic heterocycles. The van der Waals surface area contributed by atoms with Gasteiger partial charge in [0, 0.05) is 18.8 Å². The molecule has 2 rings (SSSR count). The fraction of sp³-hybridized carbons (Fsp3) is 0.750. The van der Waals surface area contributed by atoms with Gasteiger partial charge >= 0.3 is 0 Å². The molecule has 0 spiro atoms. The maximum atomic E-state index is 10.1. The van der Waals surface area contributed by atoms with E-state index in [-0.39, 0.29) is 6.10 Å². The molecule has 0 aliphatic heterocycles. The van der Waals surface area contributed by atoms with Crippen molar-refractivity contribution in [3.63, 3.8) is 0 Å². The summed E-state index contributed by atoms with van der Waals surface area (Å²) in [5, 5.41) is 10.1. The van der Waals surface area contributed by atoms with Gasteiger partial charge in [0.1, 0.15) is 5.82 Å². The zero-order chi connectivity index (χ0) is 10.7. The molecule has 1 heterocycles. The van der Waals surface area contributed by atoms with Gasteiger partial charge in [-0.3, -0.25) is 0 Å². The number of imidazole rings is 1. The molecule has 2 N–H and O–H groups in total. The molecule has 15 heavy (non-hydrogen) atoms. The Labute approximate surface area is 90.9 Å². The van der Waals surface area contributed by atoms with Gasteiger partial charge in [0.05, 0.1) is 6.10 Å². The molecule has 3 heteroatoms. The molecule has 1 aliphatic carbocycles. The van der Waals surface area contributed by atoms with Crippen LogP contribution in [0.25, 0.3) is 0 Å². The van der Waals surface area contributed by atoms with Crippen LogP contribution in [0.1, 0.15) is 38.4 Å². The minimum atomic E-state index is -0.219. The number of hydrogen-bond donors (Lipinski definition) is 2. The highest BCUT2D eigenvalue weighted by Crippen LogP contribution is 2.31. The first kappa shape index (κ1) is 10.7. The Hall–Kier alpha value is -0.830. The van der Waals surface area contributed by atoms with Crippen LogP contribution in [0.2, 0.25) is 0 Å². The van der Waals surface area contributed by atoms with E-state index < -0.39 is 0 Å². The van der Waals surface area contributed by atoms with E-state index in [1.807, 2.05) is 6.20 Å². The van der Waals surface area contributed by atoms with E-state index in [9.17, 15) is 5.11 Å². The molecule has 1 atom stereocenters. The van der Waals surface area contributed by atoms with Crippen molar-refractivity contribution in [2.24, 2.45) is 11.8 Å². The van der Waals surface area contributed by atoms with Crippen LogP contribution in [0, 0.1) is 11.8 Å². The lowest BCUT2D eigenvalue weighted by Crippen LogP contribution is -2.27. The zero-order valence-electron chi connectivity index (χ0n) is 9.32. The van der Waals surface area contributed by atoms with Crippen molar-refractivity contribution in [2.45, 2.75) is 45.1 Å². The third-order valence-corrected chi connectivity index (χ3v) is 3.56. The van der Waals surface area contributed by atoms with Gasteiger partial charge in [-0.2, -0.15) is 0 Å². The van der Waals surface area contributed by atoms with Crippen molar-refractivity contribution in [1.29, 1.82) is 0 Å². The number of aliphatic hydroxyl groups is 1. The first-order valence-corrected chi connectivity index (χ1v) is 5.92. The average Bonchev–Trinajstić information content (AvgIpc) is 2.71. The van der Waals surface area contributed by atoms with E-state index in [0.717, 1.165) is 11.7 Å². The third-order valence-electron chi connectivity index (χ3n) is 3.56. The summed E-state index contributed by atoms with van der Waals surface area (Å²) in [5.74, 6) is 2.23. The van der Waals surface area contributed by atoms with Crippen LogP contribution in [0.15, 0.2) is 12.4 Å². The molecule has 1 aromatic rings. The number of hydrogen-bond acceptors (Lipinski definition) is 2. The number of aromatic nitrogens is 2. The van der Waals surface area contributed by atoms with Crippen LogP contribution in [0.5, 0.6) is 0 Å². The van der Waals surface area contributed by atoms with Crippen molar-refractivity contribution >= 4 is 0 Å². The van der Waals surface area contributed by atoms with E-state index in [4.69, 9.17) is 0 Å². The van der Waals surface area contributed by atoms with Gasteiger partial charge in [-0.05, 0) is 24.7 Å². The summed E-state index contributed by atoms with van der Waals surface area (Å²) in [6.45, 7) is 2.30. The van der Waals surface area contributed by atoms with E-state index in [1.54, 1.807) is 6.20 Å². The summed E-state index contributed by atoms with van der Waals surface area (Å²) in [6.07, 6.45) is 8.87. The molecular weight excluding hydrogens is 188 g/mol. The zero-order valence-corrected chi connectivity index (χ0v) is 9.32. The molecule has 1 saturated carbocycles. The van der Waals surface area contributed by atoms with Crippen LogP contribution < -0.4 is 0 Å². The van der Waals surface area contributed by atoms with Gasteiger partial charge in [0.25, 0.3) is 0 Å². The Morgan fingerprint density at radius 2 is 2.20 bits per heavy atom. The summed E-state index contributed by atoms with van der Waals surface area (Å²) in [6, 6.07) is 0. The van der Waals surface area contributed by atoms with Crippen molar-refractivity contribution in [3.8, 4) is 0 Å². The normalized spacial score (nSPS) is 28.9. The SMILES string of the molecule is CC1CCC(C(O)Cc2ncc[nH]2)CC1. The lowest BCUT2D eigenvalue weighted by molar-refractivity contribution is 0.0746. The van der Waals surface area contributed by atoms with Gasteiger partial charge in [-0.25, -0.2) is 4.98 Å². The largest absolute Gasteiger partial charge is 0.392 e. The van der Waals surface area contributed by atoms with Crippen molar-refractivity contribution < 1.29 is 5.11 Å². The highest BCUT2D eigenvalue weighted by atomic mass is 16.3. The lowest BCUT2D eigenvalue weighted by atomic mass is 9.79. The number of rotatable bonds is 3. The minimum Gasteiger partial charge on any atom is -0.392 e. The number of aliphatic hydroxyl groups excluding tert-OH is 1. The van der Waals surface area contributed by atoms with E-state index >= 15 is 0 Å². The molecular formula is C12H20N2O. The Morgan fingerprint density at radius 1 is 1.47 bits per heavy atom. The molecule has 0 saturated heterocycles. The standard InChI is InChI=1S/C12H20N2O/c1-9-2-4-10(5-3-9)11(15)8-12-13-6-7-14-12/h6-7,9-11,15H,2-5,8H2,1H3,(H,13,14). The van der Waals surface area contributed by atoms with Gasteiger partial charge in [0.2, 0.25) is 0 Å². The van der Waals surface area contributed by atoms with E-state index in [2.05, 4.69) is 16.9 Å². The molecule has 0 aromatic carbocycles. The first-order valence-electron chi connectivity index (χ1n) is 5.92. The molecule has 1 fully saturated rings. The number of nitrogens with zero attached hydrogens (tertiary/aromatic N) is 1. The molecule has 1 aliphatic rings. The summed E-state index contributed by atoms with van der Waals surface area (Å²) in [7, 11) is 0. The summed E-state index contributed by atoms with van der Waals surface area (Å²) < 4.78 is 0. The van der Waals surface area contributed by atoms with Gasteiger partial charge in [0.15, 0.2) is 0 Å². The highest BCUT2D eigenvalue weighted by Gasteiger charge is 2.25. The van der Waals surface area contributed by atoms with Crippen LogP contribution in [-0.2, 0) is 6.42 Å². The molecule has 0 bridgehead atoms. The van der Waals surface area contributed by atoms with E-state index in [0.29, 0.717) is 12.3 Å². The second-order valence-electron chi connectivity index (χ2n) is 4.83. The van der Waals surface area contributed by atoms with Crippen molar-refractivity contribution in [1.82, 2.24) is 9.97 Å². The number of H-pyrrole nitrogens is 1. The Morgan fingerprint density at radius 3 is 2.80 bits per heavy atom. The molecule has 0 amide bonds. The Balaban J connectivity index is 1.83. The monoisotopic (exact) mass is 208 g/mol. The second kappa shape index (κ2) is 4.79. The predicted octanol–water partition coefficient (Wildman–Crippen LogP) is 2.14. The van der Waals surface area contributed by atoms with Gasteiger partial charge in [-0.15, -0.1) is 0 Å². The molecule has 3 nitrogen and oxygen atoms in total. The predicted molar refractivity (Wildman–Crippen MR) is 59.4 cm³/mol. The molecule has 84 valence electrons. The van der Waals surface area contributed by atoms with Gasteiger partial charge in [-0.1, -0.05) is 19.8 Å². The minimum absolute atomic E-state index is 0.219. The van der Waals surface area contributed by atoms with Crippen LogP contribution in [0.3, 0.4) is 0 Å². The number of nitrogens with one attached hydrogen (secondary N) is 1. The highest BCUT2D eigenvalue weighted by molar-refractivity contribution is 4.91. The number of aromatic amines is 1. The van der Waals surface area contributed by atoms with Crippen LogP contribution >= 0.6 is 0 Å². The van der Waals surface area contributed by atoms with Crippen molar-refractivity contribution in [3.05, 3.63) is 18.2 Å². The van der Waals surface area contributed by atoms with Crippen LogP contribution in [-0.4, -0.2) is 21.2 Å². The lowest BCUT2D eigenvalue weighted by Gasteiger charge is -2.29. The van der Waals surface area contributed by atoms with Crippen molar-refractivity contribution in [2.75, 3.05) is 0 Å². The summed E-state index contributed by atoms with van der Waals surface area (Å²) in [5.41, 5.74) is 0. The maximum absolute atomic E-state index is 10.1. The average molecular weight is 208 g/mol. The fourth-order valence-corrected chi connectivity index (χ4v) is 2.45. The quantitative estimate of drug-likeness (QED) is 0.799. The van der Waals surface area contributed by atoms with E-state index in [1.165, 1.54) is 25.7 Å². The second-order valence-corrected chi connectivity index (χ2v) is 4.83. The fourth-order valence-electron chi connectivity index (χ4n) is 2.45. The molecule has 0 radical (unpaired) electrons. The third kappa shape index (κ3) is 2.81. The summed E-state index contributed by atoms with van der Waals surface area (Å²) >= 11 is 0. The Bertz CT molecular complexity index is 276. The molecule has 1 unspecified atom stereocenters. The topological polar surface area (TPSA) is 48.9 Å². The smallest absolute Gasteiger partial charge is 0.108 e. The maximum Gasteiger partial charge on any atom is 0.108 e. The summed E-state index contributed by atoms with van der Waals surface area (Å²) in [4.78, 5) is 7.20.